The second-order valence-electron chi connectivity index (χ2n) is 4.68. The van der Waals surface area contributed by atoms with Gasteiger partial charge in [0.15, 0.2) is 0 Å². The van der Waals surface area contributed by atoms with Crippen molar-refractivity contribution in [3.8, 4) is 0 Å². The molecular weight excluding hydrogens is 234 g/mol. The fraction of sp³-hybridized carbons (Fsp3) is 0.250. The minimum absolute atomic E-state index is 0.119. The minimum Gasteiger partial charge on any atom is -0.321 e. The van der Waals surface area contributed by atoms with Crippen LogP contribution in [0.3, 0.4) is 0 Å². The van der Waals surface area contributed by atoms with Gasteiger partial charge in [-0.1, -0.05) is 73.6 Å². The van der Waals surface area contributed by atoms with E-state index in [2.05, 4.69) is 72.2 Å². The fourth-order valence-electron chi connectivity index (χ4n) is 2.21. The molecular formula is C16H21NSi. The molecule has 0 fully saturated rings. The highest BCUT2D eigenvalue weighted by Gasteiger charge is 2.05. The highest BCUT2D eigenvalue weighted by atomic mass is 28.2. The Hall–Kier alpha value is -1.38. The number of rotatable bonds is 6. The summed E-state index contributed by atoms with van der Waals surface area (Å²) >= 11 is 0. The van der Waals surface area contributed by atoms with Crippen molar-refractivity contribution in [3.63, 3.8) is 0 Å². The topological polar surface area (TPSA) is 3.24 Å². The largest absolute Gasteiger partial charge is 0.321 e. The first-order valence-corrected chi connectivity index (χ1v) is 8.32. The molecule has 0 saturated carbocycles. The Morgan fingerprint density at radius 1 is 0.778 bits per heavy atom. The van der Waals surface area contributed by atoms with E-state index in [1.165, 1.54) is 17.2 Å². The average molecular weight is 255 g/mol. The Morgan fingerprint density at radius 2 is 1.22 bits per heavy atom. The average Bonchev–Trinajstić information content (AvgIpc) is 2.41. The maximum Gasteiger partial charge on any atom is 0.0956 e. The number of nitrogens with zero attached hydrogens (tertiary/aromatic N) is 1. The molecule has 0 spiro atoms. The summed E-state index contributed by atoms with van der Waals surface area (Å²) in [4.78, 5) is 0. The molecule has 0 unspecified atom stereocenters. The van der Waals surface area contributed by atoms with E-state index >= 15 is 0 Å². The van der Waals surface area contributed by atoms with Crippen molar-refractivity contribution in [2.45, 2.75) is 26.1 Å². The van der Waals surface area contributed by atoms with Gasteiger partial charge in [-0.2, -0.15) is 0 Å². The van der Waals surface area contributed by atoms with E-state index in [0.29, 0.717) is 0 Å². The van der Waals surface area contributed by atoms with Crippen LogP contribution in [-0.4, -0.2) is 14.2 Å². The molecule has 0 aliphatic rings. The monoisotopic (exact) mass is 255 g/mol. The lowest BCUT2D eigenvalue weighted by Gasteiger charge is -2.21. The predicted octanol–water partition coefficient (Wildman–Crippen LogP) is 3.21. The van der Waals surface area contributed by atoms with Gasteiger partial charge >= 0.3 is 0 Å². The first-order chi connectivity index (χ1) is 8.88. The van der Waals surface area contributed by atoms with Gasteiger partial charge in [0, 0.05) is 13.1 Å². The maximum atomic E-state index is 2.64. The molecule has 0 aliphatic carbocycles. The van der Waals surface area contributed by atoms with Crippen LogP contribution in [0.4, 0.5) is 0 Å². The quantitative estimate of drug-likeness (QED) is 0.717. The molecule has 2 heteroatoms. The summed E-state index contributed by atoms with van der Waals surface area (Å²) in [5.74, 6) is 0. The van der Waals surface area contributed by atoms with Crippen molar-refractivity contribution < 1.29 is 0 Å². The molecule has 2 aromatic carbocycles. The molecule has 0 amide bonds. The zero-order valence-electron chi connectivity index (χ0n) is 11.0. The Morgan fingerprint density at radius 3 is 1.61 bits per heavy atom. The summed E-state index contributed by atoms with van der Waals surface area (Å²) in [6, 6.07) is 22.9. The summed E-state index contributed by atoms with van der Waals surface area (Å²) in [7, 11) is -0.119. The van der Waals surface area contributed by atoms with Crippen LogP contribution >= 0.6 is 0 Å². The number of hydrogen-bond acceptors (Lipinski definition) is 1. The molecule has 18 heavy (non-hydrogen) atoms. The first-order valence-electron chi connectivity index (χ1n) is 6.68. The van der Waals surface area contributed by atoms with Crippen LogP contribution in [0.5, 0.6) is 0 Å². The van der Waals surface area contributed by atoms with Crippen LogP contribution in [0.2, 0.25) is 6.04 Å². The lowest BCUT2D eigenvalue weighted by Crippen LogP contribution is -2.26. The molecule has 0 aromatic heterocycles. The lowest BCUT2D eigenvalue weighted by molar-refractivity contribution is 0.432. The van der Waals surface area contributed by atoms with E-state index in [0.717, 1.165) is 13.1 Å². The summed E-state index contributed by atoms with van der Waals surface area (Å²) in [5, 5.41) is 0. The predicted molar refractivity (Wildman–Crippen MR) is 81.2 cm³/mol. The van der Waals surface area contributed by atoms with Crippen LogP contribution in [-0.2, 0) is 13.1 Å². The lowest BCUT2D eigenvalue weighted by atomic mass is 10.2. The van der Waals surface area contributed by atoms with E-state index in [4.69, 9.17) is 0 Å². The van der Waals surface area contributed by atoms with Crippen molar-refractivity contribution in [2.24, 2.45) is 0 Å². The van der Waals surface area contributed by atoms with Crippen molar-refractivity contribution in [1.82, 2.24) is 4.57 Å². The van der Waals surface area contributed by atoms with Gasteiger partial charge in [-0.15, -0.1) is 0 Å². The molecule has 94 valence electrons. The third kappa shape index (κ3) is 4.13. The fourth-order valence-corrected chi connectivity index (χ4v) is 3.68. The maximum absolute atomic E-state index is 2.64. The zero-order chi connectivity index (χ0) is 12.6. The summed E-state index contributed by atoms with van der Waals surface area (Å²) in [6.07, 6.45) is 0. The van der Waals surface area contributed by atoms with Crippen molar-refractivity contribution in [2.75, 3.05) is 0 Å². The van der Waals surface area contributed by atoms with Crippen LogP contribution < -0.4 is 0 Å². The Labute approximate surface area is 112 Å². The van der Waals surface area contributed by atoms with Crippen LogP contribution in [0.15, 0.2) is 60.7 Å². The highest BCUT2D eigenvalue weighted by Crippen LogP contribution is 2.09. The third-order valence-corrected chi connectivity index (χ3v) is 4.56. The zero-order valence-corrected chi connectivity index (χ0v) is 12.5. The van der Waals surface area contributed by atoms with Crippen LogP contribution in [0.25, 0.3) is 0 Å². The molecule has 0 N–H and O–H groups in total. The normalized spacial score (nSPS) is 11.4. The third-order valence-electron chi connectivity index (χ3n) is 3.04. The van der Waals surface area contributed by atoms with E-state index in [1.54, 1.807) is 0 Å². The standard InChI is InChI=1S/C16H21NSi/c1-2-18-17(13-15-9-5-3-6-10-15)14-16-11-7-4-8-12-16/h3-12H,2,13-14,18H2,1H3. The van der Waals surface area contributed by atoms with E-state index < -0.39 is 0 Å². The van der Waals surface area contributed by atoms with E-state index in [-0.39, 0.29) is 9.68 Å². The Kier molecular flexibility index (Phi) is 5.18. The van der Waals surface area contributed by atoms with Crippen molar-refractivity contribution in [3.05, 3.63) is 71.8 Å². The van der Waals surface area contributed by atoms with Gasteiger partial charge in [0.1, 0.15) is 0 Å². The van der Waals surface area contributed by atoms with Crippen molar-refractivity contribution in [1.29, 1.82) is 0 Å². The van der Waals surface area contributed by atoms with Gasteiger partial charge in [-0.05, 0) is 11.1 Å². The van der Waals surface area contributed by atoms with Crippen LogP contribution in [0.1, 0.15) is 18.1 Å². The molecule has 2 aromatic rings. The van der Waals surface area contributed by atoms with Gasteiger partial charge in [0.05, 0.1) is 9.68 Å². The van der Waals surface area contributed by atoms with E-state index in [9.17, 15) is 0 Å². The molecule has 0 atom stereocenters. The Balaban J connectivity index is 2.00. The second kappa shape index (κ2) is 7.14. The summed E-state index contributed by atoms with van der Waals surface area (Å²) in [5.41, 5.74) is 2.85. The van der Waals surface area contributed by atoms with Gasteiger partial charge in [0.25, 0.3) is 0 Å². The number of hydrogen-bond donors (Lipinski definition) is 0. The first kappa shape index (κ1) is 13.1. The molecule has 2 rings (SSSR count). The summed E-state index contributed by atoms with van der Waals surface area (Å²) in [6.45, 7) is 4.49. The second-order valence-corrected chi connectivity index (χ2v) is 7.02. The molecule has 0 saturated heterocycles. The molecule has 0 aliphatic heterocycles. The van der Waals surface area contributed by atoms with Gasteiger partial charge in [-0.25, -0.2) is 0 Å². The molecule has 0 bridgehead atoms. The molecule has 0 heterocycles. The van der Waals surface area contributed by atoms with Crippen LogP contribution in [0, 0.1) is 0 Å². The SMILES string of the molecule is CC[SiH2]N(Cc1ccccc1)Cc1ccccc1. The highest BCUT2D eigenvalue weighted by molar-refractivity contribution is 6.31. The smallest absolute Gasteiger partial charge is 0.0956 e. The summed E-state index contributed by atoms with van der Waals surface area (Å²) < 4.78 is 2.64. The number of benzene rings is 2. The van der Waals surface area contributed by atoms with Gasteiger partial charge in [-0.3, -0.25) is 0 Å². The minimum atomic E-state index is -0.119. The Bertz CT molecular complexity index is 400. The van der Waals surface area contributed by atoms with E-state index in [1.807, 2.05) is 0 Å². The van der Waals surface area contributed by atoms with Gasteiger partial charge < -0.3 is 4.57 Å². The van der Waals surface area contributed by atoms with Crippen molar-refractivity contribution >= 4 is 9.68 Å². The molecule has 0 radical (unpaired) electrons. The molecule has 1 nitrogen and oxygen atoms in total. The van der Waals surface area contributed by atoms with Gasteiger partial charge in [0.2, 0.25) is 0 Å².